The van der Waals surface area contributed by atoms with Crippen molar-refractivity contribution in [3.05, 3.63) is 11.8 Å². The van der Waals surface area contributed by atoms with Crippen LogP contribution >= 0.6 is 11.8 Å². The van der Waals surface area contributed by atoms with Gasteiger partial charge in [0, 0.05) is 44.0 Å². The molecule has 0 spiro atoms. The van der Waals surface area contributed by atoms with Gasteiger partial charge in [-0.3, -0.25) is 4.79 Å². The highest BCUT2D eigenvalue weighted by Gasteiger charge is 2.35. The molecule has 2 aliphatic rings. The average molecular weight is 401 g/mol. The van der Waals surface area contributed by atoms with Crippen molar-refractivity contribution in [3.8, 4) is 0 Å². The van der Waals surface area contributed by atoms with Gasteiger partial charge < -0.3 is 25.1 Å². The molecule has 3 heterocycles. The van der Waals surface area contributed by atoms with Crippen molar-refractivity contribution in [2.75, 3.05) is 36.5 Å². The van der Waals surface area contributed by atoms with E-state index in [0.29, 0.717) is 18.8 Å². The molecule has 2 saturated heterocycles. The molecule has 0 bridgehead atoms. The zero-order valence-electron chi connectivity index (χ0n) is 16.3. The van der Waals surface area contributed by atoms with Gasteiger partial charge >= 0.3 is 6.03 Å². The highest BCUT2D eigenvalue weighted by molar-refractivity contribution is 7.99. The van der Waals surface area contributed by atoms with Crippen molar-refractivity contribution in [1.29, 1.82) is 0 Å². The van der Waals surface area contributed by atoms with Crippen LogP contribution in [-0.4, -0.2) is 69.6 Å². The maximum atomic E-state index is 12.9. The van der Waals surface area contributed by atoms with E-state index in [1.165, 1.54) is 0 Å². The smallest absolute Gasteiger partial charge is 0.320 e. The minimum atomic E-state index is -0.444. The highest BCUT2D eigenvalue weighted by Crippen LogP contribution is 2.26. The van der Waals surface area contributed by atoms with Crippen LogP contribution in [0, 0.1) is 0 Å². The number of rotatable bonds is 2. The molecule has 0 radical (unpaired) electrons. The molecule has 154 valence electrons. The van der Waals surface area contributed by atoms with E-state index >= 15 is 0 Å². The Morgan fingerprint density at radius 2 is 1.96 bits per heavy atom. The molecule has 1 atom stereocenters. The van der Waals surface area contributed by atoms with E-state index in [1.807, 2.05) is 37.4 Å². The molecular weight excluding hydrogens is 368 g/mol. The fraction of sp³-hybridized carbons (Fsp3) is 0.722. The first-order valence-corrected chi connectivity index (χ1v) is 10.4. The highest BCUT2D eigenvalue weighted by atomic mass is 32.2. The van der Waals surface area contributed by atoms with Crippen LogP contribution in [0.1, 0.15) is 47.2 Å². The predicted molar refractivity (Wildman–Crippen MR) is 108 cm³/mol. The van der Waals surface area contributed by atoms with Crippen LogP contribution in [0.3, 0.4) is 0 Å². The number of anilines is 1. The Kier molecular flexibility index (Phi) is 7.16. The van der Waals surface area contributed by atoms with Gasteiger partial charge in [0.05, 0.1) is 0 Å². The summed E-state index contributed by atoms with van der Waals surface area (Å²) in [6.07, 6.45) is 2.57. The van der Waals surface area contributed by atoms with Crippen LogP contribution in [0.2, 0.25) is 0 Å². The molecule has 2 aliphatic heterocycles. The number of hydrogen-bond donors (Lipinski definition) is 1. The molecule has 3 rings (SSSR count). The number of nitrogens with zero attached hydrogens (tertiary/aromatic N) is 3. The summed E-state index contributed by atoms with van der Waals surface area (Å²) in [7, 11) is 0. The molecule has 9 heteroatoms. The summed E-state index contributed by atoms with van der Waals surface area (Å²) in [6, 6.07) is 1.30. The Labute approximate surface area is 165 Å². The van der Waals surface area contributed by atoms with E-state index in [0.717, 1.165) is 43.2 Å². The molecular formula is C18H32N4O4S. The predicted octanol–water partition coefficient (Wildman–Crippen LogP) is 2.36. The minimum Gasteiger partial charge on any atom is -0.412 e. The van der Waals surface area contributed by atoms with Gasteiger partial charge in [0.2, 0.25) is 5.91 Å². The zero-order chi connectivity index (χ0) is 18.7. The lowest BCUT2D eigenvalue weighted by Crippen LogP contribution is -2.55. The van der Waals surface area contributed by atoms with Crippen LogP contribution in [0.5, 0.6) is 0 Å². The van der Waals surface area contributed by atoms with Gasteiger partial charge in [-0.1, -0.05) is 25.9 Å². The van der Waals surface area contributed by atoms with Crippen LogP contribution in [0.4, 0.5) is 10.6 Å². The van der Waals surface area contributed by atoms with E-state index in [-0.39, 0.29) is 24.3 Å². The summed E-state index contributed by atoms with van der Waals surface area (Å²) in [5, 5.41) is 6.79. The lowest BCUT2D eigenvalue weighted by atomic mass is 9.93. The summed E-state index contributed by atoms with van der Waals surface area (Å²) in [6.45, 7) is 8.22. The number of piperidine rings is 1. The zero-order valence-corrected chi connectivity index (χ0v) is 17.1. The van der Waals surface area contributed by atoms with E-state index in [1.54, 1.807) is 11.0 Å². The Balaban J connectivity index is 0.00000196. The molecule has 8 nitrogen and oxygen atoms in total. The standard InChI is InChI=1S/C18H28N4O3S.H2O.H2/c1-18(2,3)14-12-15(20-25-14)19-16(23)13-6-4-5-7-22(13)17(24)21-8-10-26-11-9-21;;/h12-13H,4-11H2,1-3H3,(H,19,20,23);1H2;1H/t13-;;/m0../s1. The van der Waals surface area contributed by atoms with Crippen LogP contribution in [-0.2, 0) is 10.2 Å². The second kappa shape index (κ2) is 8.97. The summed E-state index contributed by atoms with van der Waals surface area (Å²) in [5.41, 5.74) is -0.172. The average Bonchev–Trinajstić information content (AvgIpc) is 3.11. The van der Waals surface area contributed by atoms with Gasteiger partial charge in [-0.15, -0.1) is 0 Å². The van der Waals surface area contributed by atoms with Crippen molar-refractivity contribution in [1.82, 2.24) is 15.0 Å². The third-order valence-electron chi connectivity index (χ3n) is 4.83. The van der Waals surface area contributed by atoms with E-state index < -0.39 is 6.04 Å². The van der Waals surface area contributed by atoms with Crippen molar-refractivity contribution < 1.29 is 21.0 Å². The molecule has 1 aromatic heterocycles. The first-order chi connectivity index (χ1) is 12.4. The fourth-order valence-corrected chi connectivity index (χ4v) is 4.17. The normalized spacial score (nSPS) is 20.8. The summed E-state index contributed by atoms with van der Waals surface area (Å²) in [5.74, 6) is 2.87. The maximum absolute atomic E-state index is 12.9. The Morgan fingerprint density at radius 3 is 2.59 bits per heavy atom. The number of hydrogen-bond acceptors (Lipinski definition) is 5. The lowest BCUT2D eigenvalue weighted by Gasteiger charge is -2.39. The van der Waals surface area contributed by atoms with Crippen molar-refractivity contribution in [3.63, 3.8) is 0 Å². The number of carbonyl (C=O) groups excluding carboxylic acids is 2. The van der Waals surface area contributed by atoms with E-state index in [2.05, 4.69) is 10.5 Å². The minimum absolute atomic E-state index is 0. The molecule has 3 amide bonds. The largest absolute Gasteiger partial charge is 0.412 e. The molecule has 1 aromatic rings. The number of nitrogens with one attached hydrogen (secondary N) is 1. The first kappa shape index (κ1) is 21.6. The second-order valence-electron chi connectivity index (χ2n) is 7.90. The van der Waals surface area contributed by atoms with Gasteiger partial charge in [-0.25, -0.2) is 4.79 Å². The van der Waals surface area contributed by atoms with Gasteiger partial charge in [0.1, 0.15) is 11.8 Å². The SMILES string of the molecule is CC(C)(C)c1cc(NC(=O)[C@@H]2CCCCN2C(=O)N2CCSCC2)no1.O.[HH]. The molecule has 0 aliphatic carbocycles. The van der Waals surface area contributed by atoms with E-state index in [4.69, 9.17) is 4.52 Å². The van der Waals surface area contributed by atoms with Gasteiger partial charge in [-0.2, -0.15) is 11.8 Å². The number of aromatic nitrogens is 1. The van der Waals surface area contributed by atoms with Gasteiger partial charge in [0.15, 0.2) is 5.82 Å². The monoisotopic (exact) mass is 400 g/mol. The molecule has 27 heavy (non-hydrogen) atoms. The van der Waals surface area contributed by atoms with Crippen LogP contribution in [0.25, 0.3) is 0 Å². The molecule has 0 aromatic carbocycles. The summed E-state index contributed by atoms with van der Waals surface area (Å²) in [4.78, 5) is 29.3. The summed E-state index contributed by atoms with van der Waals surface area (Å²) >= 11 is 1.87. The number of urea groups is 1. The molecule has 3 N–H and O–H groups in total. The maximum Gasteiger partial charge on any atom is 0.320 e. The van der Waals surface area contributed by atoms with Gasteiger partial charge in [-0.05, 0) is 19.3 Å². The number of thioether (sulfide) groups is 1. The second-order valence-corrected chi connectivity index (χ2v) is 9.13. The van der Waals surface area contributed by atoms with E-state index in [9.17, 15) is 9.59 Å². The molecule has 2 fully saturated rings. The third kappa shape index (κ3) is 5.16. The Bertz CT molecular complexity index is 658. The third-order valence-corrected chi connectivity index (χ3v) is 5.78. The lowest BCUT2D eigenvalue weighted by molar-refractivity contribution is -0.121. The number of likely N-dealkylation sites (tertiary alicyclic amines) is 1. The van der Waals surface area contributed by atoms with Crippen molar-refractivity contribution in [2.24, 2.45) is 0 Å². The van der Waals surface area contributed by atoms with Crippen LogP contribution in [0.15, 0.2) is 10.6 Å². The van der Waals surface area contributed by atoms with Gasteiger partial charge in [0.25, 0.3) is 0 Å². The Hall–Kier alpha value is -1.74. The first-order valence-electron chi connectivity index (χ1n) is 9.27. The van der Waals surface area contributed by atoms with Crippen LogP contribution < -0.4 is 5.32 Å². The summed E-state index contributed by atoms with van der Waals surface area (Å²) < 4.78 is 5.33. The molecule has 0 unspecified atom stereocenters. The van der Waals surface area contributed by atoms with Crippen molar-refractivity contribution >= 4 is 29.5 Å². The quantitative estimate of drug-likeness (QED) is 0.819. The fourth-order valence-electron chi connectivity index (χ4n) is 3.27. The number of carbonyl (C=O) groups is 2. The Morgan fingerprint density at radius 1 is 1.26 bits per heavy atom. The number of amides is 3. The topological polar surface area (TPSA) is 110 Å². The van der Waals surface area contributed by atoms with Crippen molar-refractivity contribution in [2.45, 2.75) is 51.5 Å². The molecule has 0 saturated carbocycles.